The molecule has 0 unspecified atom stereocenters. The first-order chi connectivity index (χ1) is 7.51. The van der Waals surface area contributed by atoms with Crippen molar-refractivity contribution >= 4 is 0 Å². The van der Waals surface area contributed by atoms with E-state index in [0.717, 1.165) is 12.2 Å². The fourth-order valence-corrected chi connectivity index (χ4v) is 1.28. The van der Waals surface area contributed by atoms with Crippen molar-refractivity contribution < 1.29 is 9.84 Å². The Morgan fingerprint density at radius 3 is 2.94 bits per heavy atom. The zero-order chi connectivity index (χ0) is 12.0. The van der Waals surface area contributed by atoms with Crippen molar-refractivity contribution in [2.75, 3.05) is 20.3 Å². The highest BCUT2D eigenvalue weighted by Gasteiger charge is 2.14. The second-order valence-electron chi connectivity index (χ2n) is 4.39. The summed E-state index contributed by atoms with van der Waals surface area (Å²) in [5.41, 5.74) is 0.0920. The SMILES string of the molecule is COCCNCc1cn(CC(C)(C)O)nn1. The molecule has 0 aliphatic heterocycles. The highest BCUT2D eigenvalue weighted by Crippen LogP contribution is 2.04. The highest BCUT2D eigenvalue weighted by molar-refractivity contribution is 4.92. The van der Waals surface area contributed by atoms with Crippen molar-refractivity contribution in [1.82, 2.24) is 20.3 Å². The topological polar surface area (TPSA) is 72.2 Å². The lowest BCUT2D eigenvalue weighted by Gasteiger charge is -2.15. The predicted molar refractivity (Wildman–Crippen MR) is 59.9 cm³/mol. The molecule has 0 spiro atoms. The molecule has 0 radical (unpaired) electrons. The summed E-state index contributed by atoms with van der Waals surface area (Å²) in [4.78, 5) is 0. The van der Waals surface area contributed by atoms with Crippen LogP contribution in [-0.2, 0) is 17.8 Å². The summed E-state index contributed by atoms with van der Waals surface area (Å²) in [7, 11) is 1.67. The first-order valence-corrected chi connectivity index (χ1v) is 5.32. The second kappa shape index (κ2) is 5.93. The van der Waals surface area contributed by atoms with Crippen molar-refractivity contribution in [3.8, 4) is 0 Å². The van der Waals surface area contributed by atoms with Crippen molar-refractivity contribution in [3.63, 3.8) is 0 Å². The van der Waals surface area contributed by atoms with Gasteiger partial charge in [-0.2, -0.15) is 0 Å². The molecule has 1 rings (SSSR count). The third-order valence-corrected chi connectivity index (χ3v) is 1.92. The van der Waals surface area contributed by atoms with Gasteiger partial charge in [-0.25, -0.2) is 4.68 Å². The zero-order valence-corrected chi connectivity index (χ0v) is 10.1. The van der Waals surface area contributed by atoms with Crippen LogP contribution in [0.25, 0.3) is 0 Å². The standard InChI is InChI=1S/C10H20N4O2/c1-10(2,15)8-14-7-9(12-13-14)6-11-4-5-16-3/h7,11,15H,4-6,8H2,1-3H3. The van der Waals surface area contributed by atoms with E-state index < -0.39 is 5.60 Å². The molecule has 0 aliphatic carbocycles. The summed E-state index contributed by atoms with van der Waals surface area (Å²) < 4.78 is 6.56. The lowest BCUT2D eigenvalue weighted by molar-refractivity contribution is 0.0571. The second-order valence-corrected chi connectivity index (χ2v) is 4.39. The van der Waals surface area contributed by atoms with Crippen LogP contribution in [0.3, 0.4) is 0 Å². The van der Waals surface area contributed by atoms with Gasteiger partial charge in [-0.1, -0.05) is 5.21 Å². The van der Waals surface area contributed by atoms with Gasteiger partial charge in [0.2, 0.25) is 0 Å². The molecule has 0 bridgehead atoms. The molecule has 1 heterocycles. The first kappa shape index (κ1) is 13.1. The average molecular weight is 228 g/mol. The normalized spacial score (nSPS) is 12.0. The Bertz CT molecular complexity index is 306. The molecule has 6 nitrogen and oxygen atoms in total. The molecule has 6 heteroatoms. The van der Waals surface area contributed by atoms with Gasteiger partial charge < -0.3 is 15.2 Å². The van der Waals surface area contributed by atoms with E-state index in [1.54, 1.807) is 25.6 Å². The Morgan fingerprint density at radius 2 is 2.31 bits per heavy atom. The van der Waals surface area contributed by atoms with Crippen LogP contribution in [0.1, 0.15) is 19.5 Å². The van der Waals surface area contributed by atoms with Crippen LogP contribution in [0.2, 0.25) is 0 Å². The summed E-state index contributed by atoms with van der Waals surface area (Å²) in [6.07, 6.45) is 1.83. The van der Waals surface area contributed by atoms with E-state index in [0.29, 0.717) is 19.7 Å². The molecular weight excluding hydrogens is 208 g/mol. The number of aliphatic hydroxyl groups is 1. The third kappa shape index (κ3) is 5.20. The maximum Gasteiger partial charge on any atom is 0.0964 e. The Kier molecular flexibility index (Phi) is 4.85. The van der Waals surface area contributed by atoms with Gasteiger partial charge in [-0.05, 0) is 13.8 Å². The first-order valence-electron chi connectivity index (χ1n) is 5.32. The molecule has 0 saturated heterocycles. The van der Waals surface area contributed by atoms with Crippen LogP contribution in [0.4, 0.5) is 0 Å². The lowest BCUT2D eigenvalue weighted by atomic mass is 10.1. The van der Waals surface area contributed by atoms with E-state index in [1.807, 2.05) is 6.20 Å². The van der Waals surface area contributed by atoms with Crippen LogP contribution < -0.4 is 5.32 Å². The molecule has 16 heavy (non-hydrogen) atoms. The van der Waals surface area contributed by atoms with Crippen LogP contribution in [-0.4, -0.2) is 46.0 Å². The Morgan fingerprint density at radius 1 is 1.56 bits per heavy atom. The number of nitrogens with zero attached hydrogens (tertiary/aromatic N) is 3. The quantitative estimate of drug-likeness (QED) is 0.632. The molecule has 1 aromatic heterocycles. The molecule has 2 N–H and O–H groups in total. The molecule has 0 amide bonds. The lowest BCUT2D eigenvalue weighted by Crippen LogP contribution is -2.26. The predicted octanol–water partition coefficient (Wildman–Crippen LogP) is -0.215. The molecule has 0 saturated carbocycles. The van der Waals surface area contributed by atoms with Crippen LogP contribution in [0.15, 0.2) is 6.20 Å². The summed E-state index contributed by atoms with van der Waals surface area (Å²) in [6.45, 7) is 6.05. The smallest absolute Gasteiger partial charge is 0.0964 e. The number of aromatic nitrogens is 3. The van der Waals surface area contributed by atoms with Gasteiger partial charge in [0.15, 0.2) is 0 Å². The van der Waals surface area contributed by atoms with Gasteiger partial charge in [-0.3, -0.25) is 0 Å². The van der Waals surface area contributed by atoms with Crippen molar-refractivity contribution in [3.05, 3.63) is 11.9 Å². The van der Waals surface area contributed by atoms with Crippen LogP contribution in [0, 0.1) is 0 Å². The number of hydrogen-bond donors (Lipinski definition) is 2. The number of ether oxygens (including phenoxy) is 1. The van der Waals surface area contributed by atoms with E-state index >= 15 is 0 Å². The number of hydrogen-bond acceptors (Lipinski definition) is 5. The van der Waals surface area contributed by atoms with Gasteiger partial charge in [0.1, 0.15) is 0 Å². The Hall–Kier alpha value is -0.980. The van der Waals surface area contributed by atoms with Gasteiger partial charge in [-0.15, -0.1) is 5.10 Å². The van der Waals surface area contributed by atoms with Gasteiger partial charge in [0, 0.05) is 26.4 Å². The van der Waals surface area contributed by atoms with Crippen LogP contribution >= 0.6 is 0 Å². The Balaban J connectivity index is 2.34. The van der Waals surface area contributed by atoms with Crippen molar-refractivity contribution in [1.29, 1.82) is 0 Å². The van der Waals surface area contributed by atoms with Crippen LogP contribution in [0.5, 0.6) is 0 Å². The maximum absolute atomic E-state index is 9.61. The van der Waals surface area contributed by atoms with E-state index in [2.05, 4.69) is 15.6 Å². The zero-order valence-electron chi connectivity index (χ0n) is 10.1. The van der Waals surface area contributed by atoms with Crippen molar-refractivity contribution in [2.24, 2.45) is 0 Å². The fraction of sp³-hybridized carbons (Fsp3) is 0.800. The molecule has 0 aliphatic rings. The molecular formula is C10H20N4O2. The number of methoxy groups -OCH3 is 1. The molecule has 0 fully saturated rings. The van der Waals surface area contributed by atoms with Crippen molar-refractivity contribution in [2.45, 2.75) is 32.5 Å². The highest BCUT2D eigenvalue weighted by atomic mass is 16.5. The summed E-state index contributed by atoms with van der Waals surface area (Å²) in [5.74, 6) is 0. The Labute approximate surface area is 95.6 Å². The minimum atomic E-state index is -0.769. The molecule has 92 valence electrons. The summed E-state index contributed by atoms with van der Waals surface area (Å²) in [6, 6.07) is 0. The van der Waals surface area contributed by atoms with Gasteiger partial charge in [0.25, 0.3) is 0 Å². The van der Waals surface area contributed by atoms with E-state index in [9.17, 15) is 5.11 Å². The summed E-state index contributed by atoms with van der Waals surface area (Å²) >= 11 is 0. The molecule has 0 atom stereocenters. The van der Waals surface area contributed by atoms with Gasteiger partial charge >= 0.3 is 0 Å². The van der Waals surface area contributed by atoms with E-state index in [4.69, 9.17) is 4.74 Å². The number of nitrogens with one attached hydrogen (secondary N) is 1. The van der Waals surface area contributed by atoms with Gasteiger partial charge in [0.05, 0.1) is 24.4 Å². The minimum Gasteiger partial charge on any atom is -0.389 e. The summed E-state index contributed by atoms with van der Waals surface area (Å²) in [5, 5.41) is 20.7. The minimum absolute atomic E-state index is 0.443. The third-order valence-electron chi connectivity index (χ3n) is 1.92. The van der Waals surface area contributed by atoms with E-state index in [1.165, 1.54) is 0 Å². The monoisotopic (exact) mass is 228 g/mol. The fourth-order valence-electron chi connectivity index (χ4n) is 1.28. The maximum atomic E-state index is 9.61. The molecule has 0 aromatic carbocycles. The van der Waals surface area contributed by atoms with E-state index in [-0.39, 0.29) is 0 Å². The molecule has 1 aromatic rings. The largest absolute Gasteiger partial charge is 0.389 e. The average Bonchev–Trinajstić information content (AvgIpc) is 2.58. The number of rotatable bonds is 7.